The van der Waals surface area contributed by atoms with Crippen LogP contribution in [0.1, 0.15) is 18.2 Å². The van der Waals surface area contributed by atoms with E-state index in [1.165, 1.54) is 25.1 Å². The SMILES string of the molecule is CCS(=O)(=O)Nc1cccc(-c2cc(=O)n(-c3ccc(C(F)(F)F)cc3)nc2C)c1. The summed E-state index contributed by atoms with van der Waals surface area (Å²) >= 11 is 0. The van der Waals surface area contributed by atoms with Gasteiger partial charge in [-0.2, -0.15) is 23.0 Å². The molecular weight excluding hydrogens is 419 g/mol. The second kappa shape index (κ2) is 7.94. The molecule has 0 aliphatic rings. The zero-order chi connectivity index (χ0) is 22.1. The summed E-state index contributed by atoms with van der Waals surface area (Å²) in [7, 11) is -3.46. The van der Waals surface area contributed by atoms with Crippen molar-refractivity contribution >= 4 is 15.7 Å². The van der Waals surface area contributed by atoms with Gasteiger partial charge in [-0.05, 0) is 55.8 Å². The van der Waals surface area contributed by atoms with E-state index in [1.807, 2.05) is 0 Å². The Hall–Kier alpha value is -3.14. The van der Waals surface area contributed by atoms with Crippen LogP contribution in [-0.2, 0) is 16.2 Å². The molecule has 0 fully saturated rings. The molecule has 6 nitrogen and oxygen atoms in total. The molecule has 0 spiro atoms. The minimum atomic E-state index is -4.47. The lowest BCUT2D eigenvalue weighted by atomic mass is 10.0. The minimum absolute atomic E-state index is 0.0824. The largest absolute Gasteiger partial charge is 0.416 e. The summed E-state index contributed by atoms with van der Waals surface area (Å²) in [5.74, 6) is -0.0824. The van der Waals surface area contributed by atoms with Gasteiger partial charge in [-0.25, -0.2) is 8.42 Å². The Labute approximate surface area is 171 Å². The monoisotopic (exact) mass is 437 g/mol. The van der Waals surface area contributed by atoms with Gasteiger partial charge in [0.05, 0.1) is 22.7 Å². The van der Waals surface area contributed by atoms with E-state index in [4.69, 9.17) is 0 Å². The normalized spacial score (nSPS) is 12.0. The quantitative estimate of drug-likeness (QED) is 0.655. The summed E-state index contributed by atoms with van der Waals surface area (Å²) in [5.41, 5.74) is 0.709. The Balaban J connectivity index is 1.99. The van der Waals surface area contributed by atoms with Gasteiger partial charge >= 0.3 is 6.18 Å². The van der Waals surface area contributed by atoms with E-state index in [1.54, 1.807) is 31.2 Å². The third-order valence-corrected chi connectivity index (χ3v) is 5.69. The molecule has 0 bridgehead atoms. The van der Waals surface area contributed by atoms with Crippen molar-refractivity contribution < 1.29 is 21.6 Å². The first-order valence-electron chi connectivity index (χ1n) is 8.90. The van der Waals surface area contributed by atoms with Crippen LogP contribution in [0.25, 0.3) is 16.8 Å². The highest BCUT2D eigenvalue weighted by Crippen LogP contribution is 2.29. The van der Waals surface area contributed by atoms with Crippen LogP contribution in [0.5, 0.6) is 0 Å². The fourth-order valence-electron chi connectivity index (χ4n) is 2.81. The van der Waals surface area contributed by atoms with Crippen molar-refractivity contribution in [2.45, 2.75) is 20.0 Å². The van der Waals surface area contributed by atoms with E-state index >= 15 is 0 Å². The number of halogens is 3. The predicted molar refractivity (Wildman–Crippen MR) is 108 cm³/mol. The minimum Gasteiger partial charge on any atom is -0.284 e. The van der Waals surface area contributed by atoms with Crippen LogP contribution in [0.4, 0.5) is 18.9 Å². The van der Waals surface area contributed by atoms with Gasteiger partial charge < -0.3 is 0 Å². The van der Waals surface area contributed by atoms with Crippen molar-refractivity contribution in [3.63, 3.8) is 0 Å². The summed E-state index contributed by atoms with van der Waals surface area (Å²) in [6.45, 7) is 3.17. The van der Waals surface area contributed by atoms with E-state index in [9.17, 15) is 26.4 Å². The van der Waals surface area contributed by atoms with Gasteiger partial charge in [-0.1, -0.05) is 12.1 Å². The molecule has 2 aromatic carbocycles. The lowest BCUT2D eigenvalue weighted by Crippen LogP contribution is -2.22. The van der Waals surface area contributed by atoms with Crippen LogP contribution in [0.3, 0.4) is 0 Å². The van der Waals surface area contributed by atoms with Crippen molar-refractivity contribution in [1.29, 1.82) is 0 Å². The maximum Gasteiger partial charge on any atom is 0.416 e. The number of aromatic nitrogens is 2. The summed E-state index contributed by atoms with van der Waals surface area (Å²) < 4.78 is 65.2. The smallest absolute Gasteiger partial charge is 0.284 e. The Morgan fingerprint density at radius 2 is 1.73 bits per heavy atom. The van der Waals surface area contributed by atoms with E-state index in [-0.39, 0.29) is 11.4 Å². The first-order chi connectivity index (χ1) is 14.0. The van der Waals surface area contributed by atoms with Gasteiger partial charge in [0.25, 0.3) is 5.56 Å². The van der Waals surface area contributed by atoms with Crippen molar-refractivity contribution in [2.75, 3.05) is 10.5 Å². The van der Waals surface area contributed by atoms with Crippen LogP contribution in [0, 0.1) is 6.92 Å². The molecule has 0 atom stereocenters. The number of nitrogens with one attached hydrogen (secondary N) is 1. The van der Waals surface area contributed by atoms with Crippen LogP contribution in [0.2, 0.25) is 0 Å². The van der Waals surface area contributed by atoms with Gasteiger partial charge in [0, 0.05) is 17.3 Å². The van der Waals surface area contributed by atoms with E-state index in [0.717, 1.165) is 16.8 Å². The van der Waals surface area contributed by atoms with Gasteiger partial charge in [0.2, 0.25) is 10.0 Å². The first-order valence-corrected chi connectivity index (χ1v) is 10.5. The van der Waals surface area contributed by atoms with Gasteiger partial charge in [0.1, 0.15) is 0 Å². The van der Waals surface area contributed by atoms with Gasteiger partial charge in [-0.3, -0.25) is 9.52 Å². The fraction of sp³-hybridized carbons (Fsp3) is 0.200. The fourth-order valence-corrected chi connectivity index (χ4v) is 3.44. The molecule has 0 aliphatic carbocycles. The number of alkyl halides is 3. The summed E-state index contributed by atoms with van der Waals surface area (Å²) in [6, 6.07) is 12.0. The van der Waals surface area contributed by atoms with E-state index in [0.29, 0.717) is 22.5 Å². The zero-order valence-corrected chi connectivity index (χ0v) is 16.9. The van der Waals surface area contributed by atoms with Crippen LogP contribution >= 0.6 is 0 Å². The van der Waals surface area contributed by atoms with Crippen molar-refractivity contribution in [1.82, 2.24) is 9.78 Å². The molecule has 3 rings (SSSR count). The molecule has 0 radical (unpaired) electrons. The number of rotatable bonds is 5. The molecule has 0 saturated heterocycles. The lowest BCUT2D eigenvalue weighted by molar-refractivity contribution is -0.137. The molecule has 158 valence electrons. The molecule has 1 N–H and O–H groups in total. The molecule has 1 aromatic heterocycles. The van der Waals surface area contributed by atoms with Crippen LogP contribution in [0.15, 0.2) is 59.4 Å². The van der Waals surface area contributed by atoms with Gasteiger partial charge in [0.15, 0.2) is 0 Å². The third-order valence-electron chi connectivity index (χ3n) is 4.38. The number of sulfonamides is 1. The third kappa shape index (κ3) is 4.70. The molecule has 30 heavy (non-hydrogen) atoms. The zero-order valence-electron chi connectivity index (χ0n) is 16.1. The Morgan fingerprint density at radius 3 is 2.33 bits per heavy atom. The van der Waals surface area contributed by atoms with E-state index in [2.05, 4.69) is 9.82 Å². The number of aryl methyl sites for hydroxylation is 1. The lowest BCUT2D eigenvalue weighted by Gasteiger charge is -2.12. The molecule has 0 unspecified atom stereocenters. The number of nitrogens with zero attached hydrogens (tertiary/aromatic N) is 2. The number of anilines is 1. The molecule has 0 saturated carbocycles. The summed E-state index contributed by atoms with van der Waals surface area (Å²) in [5, 5.41) is 4.22. The maximum absolute atomic E-state index is 12.7. The summed E-state index contributed by atoms with van der Waals surface area (Å²) in [6.07, 6.45) is -4.47. The standard InChI is InChI=1S/C20H18F3N3O3S/c1-3-30(28,29)25-16-6-4-5-14(11-16)18-12-19(27)26(24-13(18)2)17-9-7-15(8-10-17)20(21,22)23/h4-12,25H,3H2,1-2H3. The van der Waals surface area contributed by atoms with Crippen molar-refractivity contribution in [2.24, 2.45) is 0 Å². The molecule has 0 aliphatic heterocycles. The number of benzene rings is 2. The Bertz CT molecular complexity index is 1230. The molecule has 1 heterocycles. The maximum atomic E-state index is 12.7. The second-order valence-corrected chi connectivity index (χ2v) is 8.54. The Kier molecular flexibility index (Phi) is 5.71. The van der Waals surface area contributed by atoms with Crippen LogP contribution in [-0.4, -0.2) is 24.0 Å². The molecular formula is C20H18F3N3O3S. The summed E-state index contributed by atoms with van der Waals surface area (Å²) in [4.78, 5) is 12.6. The van der Waals surface area contributed by atoms with Crippen molar-refractivity contribution in [3.05, 3.63) is 76.2 Å². The highest BCUT2D eigenvalue weighted by molar-refractivity contribution is 7.92. The molecule has 10 heteroatoms. The Morgan fingerprint density at radius 1 is 1.07 bits per heavy atom. The number of hydrogen-bond acceptors (Lipinski definition) is 4. The average Bonchev–Trinajstić information content (AvgIpc) is 2.69. The van der Waals surface area contributed by atoms with Gasteiger partial charge in [-0.15, -0.1) is 0 Å². The molecule has 3 aromatic rings. The highest BCUT2D eigenvalue weighted by atomic mass is 32.2. The van der Waals surface area contributed by atoms with Crippen molar-refractivity contribution in [3.8, 4) is 16.8 Å². The second-order valence-electron chi connectivity index (χ2n) is 6.52. The first kappa shape index (κ1) is 21.6. The topological polar surface area (TPSA) is 81.1 Å². The highest BCUT2D eigenvalue weighted by Gasteiger charge is 2.30. The molecule has 0 amide bonds. The predicted octanol–water partition coefficient (Wildman–Crippen LogP) is 3.99. The van der Waals surface area contributed by atoms with Crippen LogP contribution < -0.4 is 10.3 Å². The number of hydrogen-bond donors (Lipinski definition) is 1. The van der Waals surface area contributed by atoms with E-state index < -0.39 is 27.3 Å². The average molecular weight is 437 g/mol.